The molecule has 2 atom stereocenters. The van der Waals surface area contributed by atoms with E-state index in [1.165, 1.54) is 4.90 Å². The van der Waals surface area contributed by atoms with Crippen molar-refractivity contribution in [2.24, 2.45) is 0 Å². The Hall–Kier alpha value is -0.840. The molecule has 1 heterocycles. The molecule has 5 heteroatoms. The molecule has 1 rings (SSSR count). The third kappa shape index (κ3) is 3.63. The van der Waals surface area contributed by atoms with Crippen LogP contribution in [0.5, 0.6) is 0 Å². The van der Waals surface area contributed by atoms with Crippen LogP contribution in [0, 0.1) is 0 Å². The molecule has 0 aromatic carbocycles. The lowest BCUT2D eigenvalue weighted by molar-refractivity contribution is -0.00974. The predicted octanol–water partition coefficient (Wildman–Crippen LogP) is 1.72. The molecule has 0 unspecified atom stereocenters. The molecule has 1 aliphatic rings. The molecular formula is C11H20FNO3. The lowest BCUT2D eigenvalue weighted by Crippen LogP contribution is -2.50. The molecule has 0 spiro atoms. The highest BCUT2D eigenvalue weighted by molar-refractivity contribution is 5.68. The van der Waals surface area contributed by atoms with Gasteiger partial charge < -0.3 is 9.84 Å². The maximum atomic E-state index is 13.2. The Morgan fingerprint density at radius 1 is 1.50 bits per heavy atom. The van der Waals surface area contributed by atoms with E-state index >= 15 is 0 Å². The van der Waals surface area contributed by atoms with Crippen LogP contribution in [0.2, 0.25) is 0 Å². The predicted molar refractivity (Wildman–Crippen MR) is 57.9 cm³/mol. The minimum absolute atomic E-state index is 0.0140. The Bertz CT molecular complexity index is 252. The van der Waals surface area contributed by atoms with E-state index < -0.39 is 17.9 Å². The molecule has 0 aromatic rings. The van der Waals surface area contributed by atoms with Crippen LogP contribution in [-0.2, 0) is 4.74 Å². The molecule has 1 saturated heterocycles. The number of carbonyl (C=O) groups excluding carboxylic acids is 1. The molecule has 0 radical (unpaired) electrons. The number of rotatable bonds is 1. The molecule has 1 fully saturated rings. The maximum absolute atomic E-state index is 13.2. The fraction of sp³-hybridized carbons (Fsp3) is 0.909. The minimum Gasteiger partial charge on any atom is -0.444 e. The van der Waals surface area contributed by atoms with Crippen molar-refractivity contribution in [2.45, 2.75) is 51.4 Å². The molecule has 0 aromatic heterocycles. The van der Waals surface area contributed by atoms with Gasteiger partial charge in [0.15, 0.2) is 0 Å². The number of aliphatic hydroxyl groups is 1. The van der Waals surface area contributed by atoms with Crippen molar-refractivity contribution in [1.82, 2.24) is 4.90 Å². The summed E-state index contributed by atoms with van der Waals surface area (Å²) in [5, 5.41) is 9.12. The highest BCUT2D eigenvalue weighted by Gasteiger charge is 2.33. The van der Waals surface area contributed by atoms with Gasteiger partial charge in [-0.25, -0.2) is 9.18 Å². The fourth-order valence-electron chi connectivity index (χ4n) is 1.72. The van der Waals surface area contributed by atoms with E-state index in [1.54, 1.807) is 20.8 Å². The fourth-order valence-corrected chi connectivity index (χ4v) is 1.72. The minimum atomic E-state index is -1.02. The summed E-state index contributed by atoms with van der Waals surface area (Å²) in [7, 11) is 0. The topological polar surface area (TPSA) is 49.8 Å². The molecule has 0 aliphatic carbocycles. The molecule has 1 aliphatic heterocycles. The van der Waals surface area contributed by atoms with Gasteiger partial charge in [0.05, 0.1) is 19.2 Å². The van der Waals surface area contributed by atoms with Crippen molar-refractivity contribution in [1.29, 1.82) is 0 Å². The normalized spacial score (nSPS) is 26.7. The standard InChI is InChI=1S/C11H20FNO3/c1-11(2,3)16-10(15)13-6-8(12)4-5-9(13)7-14/h8-9,14H,4-7H2,1-3H3/t8-,9-/m1/s1. The van der Waals surface area contributed by atoms with Crippen molar-refractivity contribution in [3.8, 4) is 0 Å². The second-order valence-corrected chi connectivity index (χ2v) is 5.14. The third-order valence-electron chi connectivity index (χ3n) is 2.49. The summed E-state index contributed by atoms with van der Waals surface area (Å²) >= 11 is 0. The van der Waals surface area contributed by atoms with Gasteiger partial charge in [-0.3, -0.25) is 4.90 Å². The first-order valence-electron chi connectivity index (χ1n) is 5.58. The van der Waals surface area contributed by atoms with Crippen molar-refractivity contribution < 1.29 is 19.0 Å². The van der Waals surface area contributed by atoms with Gasteiger partial charge in [0.25, 0.3) is 0 Å². The Morgan fingerprint density at radius 2 is 2.12 bits per heavy atom. The Balaban J connectivity index is 2.63. The van der Waals surface area contributed by atoms with Crippen molar-refractivity contribution in [3.63, 3.8) is 0 Å². The van der Waals surface area contributed by atoms with E-state index in [1.807, 2.05) is 0 Å². The molecule has 16 heavy (non-hydrogen) atoms. The second kappa shape index (κ2) is 4.99. The van der Waals surface area contributed by atoms with Gasteiger partial charge in [0, 0.05) is 0 Å². The van der Waals surface area contributed by atoms with Crippen molar-refractivity contribution >= 4 is 6.09 Å². The van der Waals surface area contributed by atoms with Gasteiger partial charge in [-0.2, -0.15) is 0 Å². The summed E-state index contributed by atoms with van der Waals surface area (Å²) in [5.41, 5.74) is -0.597. The first-order valence-corrected chi connectivity index (χ1v) is 5.58. The van der Waals surface area contributed by atoms with Crippen LogP contribution in [0.25, 0.3) is 0 Å². The number of amides is 1. The number of nitrogens with zero attached hydrogens (tertiary/aromatic N) is 1. The average Bonchev–Trinajstić information content (AvgIpc) is 2.15. The lowest BCUT2D eigenvalue weighted by atomic mass is 10.0. The molecule has 1 N–H and O–H groups in total. The number of alkyl halides is 1. The summed E-state index contributed by atoms with van der Waals surface area (Å²) < 4.78 is 18.4. The number of carbonyl (C=O) groups is 1. The smallest absolute Gasteiger partial charge is 0.410 e. The largest absolute Gasteiger partial charge is 0.444 e. The summed E-state index contributed by atoms with van der Waals surface area (Å²) in [6, 6.07) is -0.318. The van der Waals surface area contributed by atoms with E-state index in [4.69, 9.17) is 9.84 Å². The van der Waals surface area contributed by atoms with E-state index in [2.05, 4.69) is 0 Å². The van der Waals surface area contributed by atoms with E-state index in [0.717, 1.165) is 0 Å². The summed E-state index contributed by atoms with van der Waals surface area (Å²) in [6.45, 7) is 5.15. The summed E-state index contributed by atoms with van der Waals surface area (Å²) in [6.07, 6.45) is -0.689. The quantitative estimate of drug-likeness (QED) is 0.750. The maximum Gasteiger partial charge on any atom is 0.410 e. The number of hydrogen-bond acceptors (Lipinski definition) is 3. The first-order chi connectivity index (χ1) is 7.33. The first kappa shape index (κ1) is 13.2. The van der Waals surface area contributed by atoms with Gasteiger partial charge in [0.1, 0.15) is 11.8 Å². The monoisotopic (exact) mass is 233 g/mol. The Labute approximate surface area is 95.4 Å². The number of aliphatic hydroxyl groups excluding tert-OH is 1. The number of ether oxygens (including phenoxy) is 1. The zero-order valence-corrected chi connectivity index (χ0v) is 10.1. The Morgan fingerprint density at radius 3 is 2.62 bits per heavy atom. The van der Waals surface area contributed by atoms with Crippen LogP contribution in [0.1, 0.15) is 33.6 Å². The van der Waals surface area contributed by atoms with Crippen LogP contribution >= 0.6 is 0 Å². The van der Waals surface area contributed by atoms with Crippen LogP contribution in [0.15, 0.2) is 0 Å². The molecule has 1 amide bonds. The zero-order chi connectivity index (χ0) is 12.3. The Kier molecular flexibility index (Phi) is 4.13. The molecule has 0 bridgehead atoms. The van der Waals surface area contributed by atoms with Gasteiger partial charge in [-0.05, 0) is 33.6 Å². The summed E-state index contributed by atoms with van der Waals surface area (Å²) in [4.78, 5) is 13.0. The number of halogens is 1. The van der Waals surface area contributed by atoms with Gasteiger partial charge in [-0.1, -0.05) is 0 Å². The summed E-state index contributed by atoms with van der Waals surface area (Å²) in [5.74, 6) is 0. The third-order valence-corrected chi connectivity index (χ3v) is 2.49. The number of hydrogen-bond donors (Lipinski definition) is 1. The number of piperidine rings is 1. The highest BCUT2D eigenvalue weighted by Crippen LogP contribution is 2.21. The second-order valence-electron chi connectivity index (χ2n) is 5.14. The van der Waals surface area contributed by atoms with Crippen LogP contribution in [0.3, 0.4) is 0 Å². The molecule has 94 valence electrons. The van der Waals surface area contributed by atoms with E-state index in [9.17, 15) is 9.18 Å². The van der Waals surface area contributed by atoms with Crippen molar-refractivity contribution in [3.05, 3.63) is 0 Å². The van der Waals surface area contributed by atoms with Gasteiger partial charge in [-0.15, -0.1) is 0 Å². The van der Waals surface area contributed by atoms with Gasteiger partial charge >= 0.3 is 6.09 Å². The van der Waals surface area contributed by atoms with Gasteiger partial charge in [0.2, 0.25) is 0 Å². The van der Waals surface area contributed by atoms with Crippen LogP contribution < -0.4 is 0 Å². The SMILES string of the molecule is CC(C)(C)OC(=O)N1C[C@H](F)CC[C@@H]1CO. The van der Waals surface area contributed by atoms with Crippen LogP contribution in [-0.4, -0.2) is 47.1 Å². The highest BCUT2D eigenvalue weighted by atomic mass is 19.1. The molecular weight excluding hydrogens is 213 g/mol. The average molecular weight is 233 g/mol. The van der Waals surface area contributed by atoms with Crippen molar-refractivity contribution in [2.75, 3.05) is 13.2 Å². The van der Waals surface area contributed by atoms with E-state index in [-0.39, 0.29) is 19.2 Å². The molecule has 4 nitrogen and oxygen atoms in total. The van der Waals surface area contributed by atoms with Crippen LogP contribution in [0.4, 0.5) is 9.18 Å². The zero-order valence-electron chi connectivity index (χ0n) is 10.1. The number of likely N-dealkylation sites (tertiary alicyclic amines) is 1. The molecule has 0 saturated carbocycles. The van der Waals surface area contributed by atoms with E-state index in [0.29, 0.717) is 12.8 Å². The lowest BCUT2D eigenvalue weighted by Gasteiger charge is -2.37.